The first-order valence-electron chi connectivity index (χ1n) is 6.60. The first kappa shape index (κ1) is 16.0. The summed E-state index contributed by atoms with van der Waals surface area (Å²) >= 11 is 0. The highest BCUT2D eigenvalue weighted by Crippen LogP contribution is 2.30. The number of carbonyl (C=O) groups is 1. The van der Waals surface area contributed by atoms with Crippen molar-refractivity contribution in [1.29, 1.82) is 0 Å². The van der Waals surface area contributed by atoms with Crippen molar-refractivity contribution < 1.29 is 19.7 Å². The molecule has 3 aromatic rings. The van der Waals surface area contributed by atoms with Gasteiger partial charge in [0.15, 0.2) is 0 Å². The van der Waals surface area contributed by atoms with E-state index < -0.39 is 5.97 Å². The summed E-state index contributed by atoms with van der Waals surface area (Å²) in [6.07, 6.45) is 0. The lowest BCUT2D eigenvalue weighted by Gasteiger charge is -2.05. The molecule has 0 spiro atoms. The molecule has 7 heteroatoms. The Kier molecular flexibility index (Phi) is 4.93. The lowest BCUT2D eigenvalue weighted by molar-refractivity contribution is 0.0697. The lowest BCUT2D eigenvalue weighted by Crippen LogP contribution is -1.98. The summed E-state index contributed by atoms with van der Waals surface area (Å²) in [5, 5.41) is 18.4. The number of carboxylic acid groups (broad SMARTS) is 1. The third kappa shape index (κ3) is 3.85. The molecule has 0 aliphatic heterocycles. The Morgan fingerprint density at radius 3 is 2.35 bits per heavy atom. The number of carboxylic acids is 1. The Balaban J connectivity index is 0.000000185. The van der Waals surface area contributed by atoms with Crippen LogP contribution in [0.2, 0.25) is 0 Å². The van der Waals surface area contributed by atoms with Crippen molar-refractivity contribution in [2.45, 2.75) is 0 Å². The average Bonchev–Trinajstić information content (AvgIpc) is 2.55. The number of aromatic hydroxyl groups is 1. The van der Waals surface area contributed by atoms with Crippen molar-refractivity contribution in [1.82, 2.24) is 9.97 Å². The van der Waals surface area contributed by atoms with Gasteiger partial charge in [-0.3, -0.25) is 0 Å². The predicted molar refractivity (Wildman–Crippen MR) is 85.6 cm³/mol. The molecule has 7 nitrogen and oxygen atoms in total. The van der Waals surface area contributed by atoms with Crippen LogP contribution in [-0.4, -0.2) is 33.3 Å². The molecule has 1 heterocycles. The van der Waals surface area contributed by atoms with Gasteiger partial charge in [0.2, 0.25) is 11.8 Å². The third-order valence-electron chi connectivity index (χ3n) is 2.90. The molecule has 0 aliphatic rings. The first-order valence-corrected chi connectivity index (χ1v) is 6.60. The minimum absolute atomic E-state index is 0.0827. The largest absolute Gasteiger partial charge is 0.507 e. The first-order chi connectivity index (χ1) is 11.0. The van der Waals surface area contributed by atoms with E-state index in [0.717, 1.165) is 0 Å². The fourth-order valence-electron chi connectivity index (χ4n) is 1.88. The Bertz CT molecular complexity index is 822. The molecule has 2 aromatic carbocycles. The van der Waals surface area contributed by atoms with Gasteiger partial charge >= 0.3 is 5.97 Å². The molecule has 0 radical (unpaired) electrons. The van der Waals surface area contributed by atoms with Crippen LogP contribution in [0.5, 0.6) is 11.6 Å². The second-order valence-electron chi connectivity index (χ2n) is 4.43. The molecule has 0 bridgehead atoms. The minimum Gasteiger partial charge on any atom is -0.507 e. The number of aromatic carboxylic acids is 1. The van der Waals surface area contributed by atoms with Crippen LogP contribution in [0.15, 0.2) is 48.5 Å². The molecule has 118 valence electrons. The van der Waals surface area contributed by atoms with Gasteiger partial charge in [-0.25, -0.2) is 9.78 Å². The quantitative estimate of drug-likeness (QED) is 0.664. The fraction of sp³-hybridized carbons (Fsp3) is 0.0625. The number of anilines is 1. The van der Waals surface area contributed by atoms with E-state index in [1.807, 2.05) is 0 Å². The van der Waals surface area contributed by atoms with E-state index >= 15 is 0 Å². The Labute approximate surface area is 132 Å². The number of hydrogen-bond acceptors (Lipinski definition) is 6. The predicted octanol–water partition coefficient (Wildman–Crippen LogP) is 2.31. The smallest absolute Gasteiger partial charge is 0.335 e. The zero-order chi connectivity index (χ0) is 16.8. The number of phenolic OH excluding ortho intramolecular Hbond substituents is 1. The van der Waals surface area contributed by atoms with Crippen molar-refractivity contribution in [3.63, 3.8) is 0 Å². The molecule has 0 fully saturated rings. The van der Waals surface area contributed by atoms with E-state index in [4.69, 9.17) is 15.6 Å². The molecule has 1 aromatic heterocycles. The van der Waals surface area contributed by atoms with E-state index in [1.54, 1.807) is 48.5 Å². The van der Waals surface area contributed by atoms with E-state index in [9.17, 15) is 9.90 Å². The average molecular weight is 313 g/mol. The number of ether oxygens (including phenoxy) is 1. The van der Waals surface area contributed by atoms with Gasteiger partial charge < -0.3 is 20.7 Å². The summed E-state index contributed by atoms with van der Waals surface area (Å²) in [4.78, 5) is 18.0. The maximum Gasteiger partial charge on any atom is 0.335 e. The van der Waals surface area contributed by atoms with Crippen LogP contribution in [0.3, 0.4) is 0 Å². The fourth-order valence-corrected chi connectivity index (χ4v) is 1.88. The summed E-state index contributed by atoms with van der Waals surface area (Å²) < 4.78 is 5.00. The van der Waals surface area contributed by atoms with E-state index in [2.05, 4.69) is 9.97 Å². The number of nitrogens with two attached hydrogens (primary N) is 1. The monoisotopic (exact) mass is 313 g/mol. The molecule has 0 unspecified atom stereocenters. The van der Waals surface area contributed by atoms with Gasteiger partial charge in [0.1, 0.15) is 11.1 Å². The molecule has 23 heavy (non-hydrogen) atoms. The second-order valence-corrected chi connectivity index (χ2v) is 4.43. The Morgan fingerprint density at radius 1 is 1.09 bits per heavy atom. The molecular formula is C16H15N3O4. The highest BCUT2D eigenvalue weighted by molar-refractivity contribution is 5.90. The highest BCUT2D eigenvalue weighted by atomic mass is 16.5. The lowest BCUT2D eigenvalue weighted by atomic mass is 10.2. The van der Waals surface area contributed by atoms with Crippen molar-refractivity contribution in [3.8, 4) is 11.6 Å². The van der Waals surface area contributed by atoms with Crippen LogP contribution >= 0.6 is 0 Å². The summed E-state index contributed by atoms with van der Waals surface area (Å²) in [5.74, 6) is -0.388. The number of rotatable bonds is 2. The minimum atomic E-state index is -0.879. The highest BCUT2D eigenvalue weighted by Gasteiger charge is 2.09. The number of nitrogens with zero attached hydrogens (tertiary/aromatic N) is 2. The van der Waals surface area contributed by atoms with Gasteiger partial charge in [-0.1, -0.05) is 24.3 Å². The van der Waals surface area contributed by atoms with Crippen molar-refractivity contribution in [2.24, 2.45) is 0 Å². The zero-order valence-corrected chi connectivity index (χ0v) is 12.3. The summed E-state index contributed by atoms with van der Waals surface area (Å²) in [6.45, 7) is 0. The van der Waals surface area contributed by atoms with Gasteiger partial charge in [0, 0.05) is 0 Å². The summed E-state index contributed by atoms with van der Waals surface area (Å²) in [7, 11) is 1.47. The van der Waals surface area contributed by atoms with Crippen molar-refractivity contribution in [3.05, 3.63) is 54.1 Å². The van der Waals surface area contributed by atoms with Crippen LogP contribution < -0.4 is 10.5 Å². The molecule has 0 saturated heterocycles. The number of benzene rings is 2. The van der Waals surface area contributed by atoms with Crippen molar-refractivity contribution >= 4 is 22.8 Å². The maximum absolute atomic E-state index is 10.2. The number of methoxy groups -OCH3 is 1. The number of hydrogen-bond donors (Lipinski definition) is 3. The summed E-state index contributed by atoms with van der Waals surface area (Å²) in [6, 6.07) is 13.3. The third-order valence-corrected chi connectivity index (χ3v) is 2.90. The van der Waals surface area contributed by atoms with E-state index in [0.29, 0.717) is 16.5 Å². The van der Waals surface area contributed by atoms with Gasteiger partial charge in [-0.2, -0.15) is 4.98 Å². The van der Waals surface area contributed by atoms with Gasteiger partial charge in [0.05, 0.1) is 18.2 Å². The Morgan fingerprint density at radius 2 is 1.78 bits per heavy atom. The number of phenols is 1. The summed E-state index contributed by atoms with van der Waals surface area (Å²) in [5.41, 5.74) is 6.36. The topological polar surface area (TPSA) is 119 Å². The molecular weight excluding hydrogens is 298 g/mol. The zero-order valence-electron chi connectivity index (χ0n) is 12.3. The van der Waals surface area contributed by atoms with Crippen LogP contribution in [0.4, 0.5) is 5.95 Å². The molecule has 0 aliphatic carbocycles. The number of aromatic nitrogens is 2. The maximum atomic E-state index is 10.2. The van der Waals surface area contributed by atoms with Gasteiger partial charge in [-0.15, -0.1) is 0 Å². The van der Waals surface area contributed by atoms with Gasteiger partial charge in [0.25, 0.3) is 0 Å². The van der Waals surface area contributed by atoms with Crippen molar-refractivity contribution in [2.75, 3.05) is 12.8 Å². The van der Waals surface area contributed by atoms with E-state index in [1.165, 1.54) is 7.11 Å². The standard InChI is InChI=1S/C9H9N3O2.C7H6O2/c1-14-8-7-5(11-9(10)12-8)3-2-4-6(7)13;8-7(9)6-4-2-1-3-5-6/h2-4,13H,1H3,(H2,10,11,12);1-5H,(H,8,9). The van der Waals surface area contributed by atoms with Crippen LogP contribution in [0.1, 0.15) is 10.4 Å². The number of nitrogen functional groups attached to an aromatic ring is 1. The SMILES string of the molecule is COc1nc(N)nc2cccc(O)c12.O=C(O)c1ccccc1. The second kappa shape index (κ2) is 7.08. The normalized spacial score (nSPS) is 9.78. The molecule has 3 rings (SSSR count). The van der Waals surface area contributed by atoms with Crippen LogP contribution in [-0.2, 0) is 0 Å². The van der Waals surface area contributed by atoms with Gasteiger partial charge in [-0.05, 0) is 24.3 Å². The van der Waals surface area contributed by atoms with E-state index in [-0.39, 0.29) is 17.6 Å². The molecule has 4 N–H and O–H groups in total. The molecule has 0 atom stereocenters. The number of fused-ring (bicyclic) bond motifs is 1. The van der Waals surface area contributed by atoms with Crippen LogP contribution in [0.25, 0.3) is 10.9 Å². The molecule has 0 saturated carbocycles. The molecule has 0 amide bonds. The Hall–Kier alpha value is -3.35. The van der Waals surface area contributed by atoms with Crippen LogP contribution in [0, 0.1) is 0 Å².